The van der Waals surface area contributed by atoms with Crippen molar-refractivity contribution < 1.29 is 4.79 Å². The van der Waals surface area contributed by atoms with Crippen LogP contribution in [0.3, 0.4) is 0 Å². The first-order chi connectivity index (χ1) is 13.0. The lowest BCUT2D eigenvalue weighted by molar-refractivity contribution is -0.116. The summed E-state index contributed by atoms with van der Waals surface area (Å²) in [6.07, 6.45) is 4.78. The van der Waals surface area contributed by atoms with Crippen molar-refractivity contribution in [3.05, 3.63) is 77.1 Å². The Morgan fingerprint density at radius 1 is 1.15 bits per heavy atom. The predicted molar refractivity (Wildman–Crippen MR) is 109 cm³/mol. The second-order valence-electron chi connectivity index (χ2n) is 6.36. The molecule has 2 aromatic carbocycles. The number of nitrogens with zero attached hydrogens (tertiary/aromatic N) is 3. The van der Waals surface area contributed by atoms with Crippen molar-refractivity contribution in [2.45, 2.75) is 6.04 Å². The summed E-state index contributed by atoms with van der Waals surface area (Å²) in [5.74, 6) is -0.191. The molecule has 0 radical (unpaired) electrons. The summed E-state index contributed by atoms with van der Waals surface area (Å²) in [6, 6.07) is 15.3. The molecule has 1 heterocycles. The largest absolute Gasteiger partial charge is 0.351 e. The maximum Gasteiger partial charge on any atom is 0.244 e. The van der Waals surface area contributed by atoms with Crippen LogP contribution in [0, 0.1) is 0 Å². The number of aromatic nitrogens is 2. The van der Waals surface area contributed by atoms with Crippen LogP contribution in [0.25, 0.3) is 17.1 Å². The smallest absolute Gasteiger partial charge is 0.244 e. The highest BCUT2D eigenvalue weighted by Gasteiger charge is 2.17. The van der Waals surface area contributed by atoms with E-state index in [0.29, 0.717) is 17.3 Å². The highest BCUT2D eigenvalue weighted by atomic mass is 35.5. The number of hydrogen-bond donors (Lipinski definition) is 1. The Labute approximate surface area is 163 Å². The van der Waals surface area contributed by atoms with E-state index in [1.165, 1.54) is 6.08 Å². The first-order valence-electron chi connectivity index (χ1n) is 8.63. The van der Waals surface area contributed by atoms with Crippen molar-refractivity contribution >= 4 is 34.6 Å². The molecule has 1 atom stereocenters. The Morgan fingerprint density at radius 2 is 1.85 bits per heavy atom. The molecule has 5 nitrogen and oxygen atoms in total. The zero-order valence-electron chi connectivity index (χ0n) is 15.3. The Hall–Kier alpha value is -2.76. The van der Waals surface area contributed by atoms with Crippen LogP contribution in [-0.2, 0) is 4.79 Å². The summed E-state index contributed by atoms with van der Waals surface area (Å²) in [4.78, 5) is 23.1. The van der Waals surface area contributed by atoms with Crippen LogP contribution < -0.4 is 5.32 Å². The number of fused-ring (bicyclic) bond motifs is 1. The SMILES string of the molecule is CN(C)C(CNC(=O)C=Cc1cnc2ccccc2n1)c1ccccc1Cl. The first-order valence-corrected chi connectivity index (χ1v) is 9.01. The van der Waals surface area contributed by atoms with Crippen molar-refractivity contribution in [2.75, 3.05) is 20.6 Å². The molecule has 6 heteroatoms. The summed E-state index contributed by atoms with van der Waals surface area (Å²) in [5.41, 5.74) is 3.24. The molecular formula is C21H21ClN4O. The second-order valence-corrected chi connectivity index (χ2v) is 6.77. The molecule has 138 valence electrons. The lowest BCUT2D eigenvalue weighted by atomic mass is 10.1. The number of carbonyl (C=O) groups is 1. The lowest BCUT2D eigenvalue weighted by Crippen LogP contribution is -2.33. The molecule has 3 aromatic rings. The number of nitrogens with one attached hydrogen (secondary N) is 1. The summed E-state index contributed by atoms with van der Waals surface area (Å²) >= 11 is 6.30. The van der Waals surface area contributed by atoms with Gasteiger partial charge in [-0.25, -0.2) is 4.98 Å². The van der Waals surface area contributed by atoms with Crippen molar-refractivity contribution in [3.63, 3.8) is 0 Å². The minimum atomic E-state index is -0.191. The summed E-state index contributed by atoms with van der Waals surface area (Å²) < 4.78 is 0. The van der Waals surface area contributed by atoms with Gasteiger partial charge in [0.15, 0.2) is 0 Å². The van der Waals surface area contributed by atoms with E-state index >= 15 is 0 Å². The molecule has 0 fully saturated rings. The number of likely N-dealkylation sites (N-methyl/N-ethyl adjacent to an activating group) is 1. The topological polar surface area (TPSA) is 58.1 Å². The van der Waals surface area contributed by atoms with E-state index in [-0.39, 0.29) is 11.9 Å². The first kappa shape index (κ1) is 19.0. The number of carbonyl (C=O) groups excluding carboxylic acids is 1. The van der Waals surface area contributed by atoms with Crippen molar-refractivity contribution in [1.82, 2.24) is 20.2 Å². The number of hydrogen-bond acceptors (Lipinski definition) is 4. The number of halogens is 1. The molecule has 0 aliphatic heterocycles. The van der Waals surface area contributed by atoms with Gasteiger partial charge >= 0.3 is 0 Å². The van der Waals surface area contributed by atoms with E-state index in [1.54, 1.807) is 12.3 Å². The van der Waals surface area contributed by atoms with E-state index in [1.807, 2.05) is 67.5 Å². The third kappa shape index (κ3) is 4.90. The molecule has 0 saturated carbocycles. The van der Waals surface area contributed by atoms with Gasteiger partial charge < -0.3 is 10.2 Å². The van der Waals surface area contributed by atoms with Gasteiger partial charge in [0.25, 0.3) is 0 Å². The van der Waals surface area contributed by atoms with Crippen molar-refractivity contribution in [1.29, 1.82) is 0 Å². The van der Waals surface area contributed by atoms with Gasteiger partial charge in [-0.1, -0.05) is 41.9 Å². The van der Waals surface area contributed by atoms with E-state index < -0.39 is 0 Å². The second kappa shape index (κ2) is 8.75. The molecule has 3 rings (SSSR count). The van der Waals surface area contributed by atoms with Gasteiger partial charge in [-0.2, -0.15) is 0 Å². The fraction of sp³-hybridized carbons (Fsp3) is 0.190. The molecule has 27 heavy (non-hydrogen) atoms. The molecule has 0 saturated heterocycles. The highest BCUT2D eigenvalue weighted by Crippen LogP contribution is 2.25. The van der Waals surface area contributed by atoms with Crippen LogP contribution in [0.1, 0.15) is 17.3 Å². The standard InChI is InChI=1S/C21H21ClN4O/c1-26(2)20(16-7-3-4-8-17(16)22)14-24-21(27)12-11-15-13-23-18-9-5-6-10-19(18)25-15/h3-13,20H,14H2,1-2H3,(H,24,27). The van der Waals surface area contributed by atoms with Crippen LogP contribution >= 0.6 is 11.6 Å². The van der Waals surface area contributed by atoms with Crippen LogP contribution in [0.5, 0.6) is 0 Å². The van der Waals surface area contributed by atoms with Crippen LogP contribution in [0.2, 0.25) is 5.02 Å². The Morgan fingerprint density at radius 3 is 2.59 bits per heavy atom. The molecule has 0 aliphatic carbocycles. The third-order valence-electron chi connectivity index (χ3n) is 4.23. The van der Waals surface area contributed by atoms with Crippen LogP contribution in [0.15, 0.2) is 60.8 Å². The molecular weight excluding hydrogens is 360 g/mol. The van der Waals surface area contributed by atoms with E-state index in [9.17, 15) is 4.79 Å². The lowest BCUT2D eigenvalue weighted by Gasteiger charge is -2.25. The summed E-state index contributed by atoms with van der Waals surface area (Å²) in [5, 5.41) is 3.61. The minimum Gasteiger partial charge on any atom is -0.351 e. The highest BCUT2D eigenvalue weighted by molar-refractivity contribution is 6.31. The Balaban J connectivity index is 1.65. The van der Waals surface area contributed by atoms with E-state index in [2.05, 4.69) is 15.3 Å². The number of para-hydroxylation sites is 2. The normalized spacial score (nSPS) is 12.6. The predicted octanol–water partition coefficient (Wildman–Crippen LogP) is 3.72. The quantitative estimate of drug-likeness (QED) is 0.662. The molecule has 0 aliphatic rings. The van der Waals surface area contributed by atoms with Gasteiger partial charge in [0, 0.05) is 17.6 Å². The van der Waals surface area contributed by atoms with Gasteiger partial charge in [0.05, 0.1) is 29.0 Å². The van der Waals surface area contributed by atoms with Gasteiger partial charge in [0.2, 0.25) is 5.91 Å². The Kier molecular flexibility index (Phi) is 6.16. The Bertz CT molecular complexity index is 971. The van der Waals surface area contributed by atoms with Crippen molar-refractivity contribution in [3.8, 4) is 0 Å². The molecule has 0 spiro atoms. The number of rotatable bonds is 6. The molecule has 1 N–H and O–H groups in total. The van der Waals surface area contributed by atoms with Gasteiger partial charge in [0.1, 0.15) is 0 Å². The molecule has 1 unspecified atom stereocenters. The maximum atomic E-state index is 12.2. The average Bonchev–Trinajstić information content (AvgIpc) is 2.67. The summed E-state index contributed by atoms with van der Waals surface area (Å²) in [6.45, 7) is 0.448. The number of amides is 1. The van der Waals surface area contributed by atoms with Gasteiger partial charge in [-0.05, 0) is 43.9 Å². The van der Waals surface area contributed by atoms with Gasteiger partial charge in [-0.15, -0.1) is 0 Å². The fourth-order valence-electron chi connectivity index (χ4n) is 2.79. The van der Waals surface area contributed by atoms with Gasteiger partial charge in [-0.3, -0.25) is 9.78 Å². The zero-order valence-corrected chi connectivity index (χ0v) is 16.0. The monoisotopic (exact) mass is 380 g/mol. The average molecular weight is 381 g/mol. The van der Waals surface area contributed by atoms with E-state index in [0.717, 1.165) is 16.6 Å². The minimum absolute atomic E-state index is 0.0171. The fourth-order valence-corrected chi connectivity index (χ4v) is 3.05. The van der Waals surface area contributed by atoms with Crippen LogP contribution in [-0.4, -0.2) is 41.4 Å². The van der Waals surface area contributed by atoms with Crippen LogP contribution in [0.4, 0.5) is 0 Å². The zero-order chi connectivity index (χ0) is 19.2. The molecule has 1 aromatic heterocycles. The van der Waals surface area contributed by atoms with Crippen molar-refractivity contribution in [2.24, 2.45) is 0 Å². The number of benzene rings is 2. The maximum absolute atomic E-state index is 12.2. The summed E-state index contributed by atoms with van der Waals surface area (Å²) in [7, 11) is 3.92. The molecule has 0 bridgehead atoms. The molecule has 1 amide bonds. The third-order valence-corrected chi connectivity index (χ3v) is 4.57. The van der Waals surface area contributed by atoms with E-state index in [4.69, 9.17) is 11.6 Å².